The fourth-order valence-electron chi connectivity index (χ4n) is 2.50. The molecule has 1 aliphatic rings. The average Bonchev–Trinajstić information content (AvgIpc) is 2.92. The lowest BCUT2D eigenvalue weighted by Crippen LogP contribution is -2.27. The first-order valence-electron chi connectivity index (χ1n) is 7.64. The van der Waals surface area contributed by atoms with Gasteiger partial charge in [-0.15, -0.1) is 0 Å². The molecule has 1 heterocycles. The van der Waals surface area contributed by atoms with Crippen molar-refractivity contribution >= 4 is 17.3 Å². The molecule has 5 heteroatoms. The molecule has 2 rings (SSSR count). The number of hydrogen-bond donors (Lipinski definition) is 2. The van der Waals surface area contributed by atoms with Crippen LogP contribution in [-0.2, 0) is 4.79 Å². The van der Waals surface area contributed by atoms with Crippen molar-refractivity contribution in [3.63, 3.8) is 0 Å². The third-order valence-electron chi connectivity index (χ3n) is 3.58. The normalized spacial score (nSPS) is 14.8. The third-order valence-corrected chi connectivity index (χ3v) is 3.58. The minimum absolute atomic E-state index is 0.100. The second-order valence-electron chi connectivity index (χ2n) is 5.77. The summed E-state index contributed by atoms with van der Waals surface area (Å²) in [7, 11) is 0. The van der Waals surface area contributed by atoms with Crippen LogP contribution in [0.1, 0.15) is 33.1 Å². The van der Waals surface area contributed by atoms with Crippen LogP contribution in [0.2, 0.25) is 0 Å². The number of halogens is 1. The lowest BCUT2D eigenvalue weighted by atomic mass is 10.2. The minimum atomic E-state index is -0.269. The van der Waals surface area contributed by atoms with Gasteiger partial charge in [-0.05, 0) is 31.0 Å². The molecule has 0 spiro atoms. The summed E-state index contributed by atoms with van der Waals surface area (Å²) in [5, 5.41) is 5.91. The molecule has 0 aliphatic carbocycles. The minimum Gasteiger partial charge on any atom is -0.369 e. The first-order chi connectivity index (χ1) is 10.1. The quantitative estimate of drug-likeness (QED) is 0.847. The van der Waals surface area contributed by atoms with Crippen LogP contribution in [0.25, 0.3) is 0 Å². The van der Waals surface area contributed by atoms with Crippen molar-refractivity contribution in [3.8, 4) is 0 Å². The van der Waals surface area contributed by atoms with E-state index >= 15 is 0 Å². The van der Waals surface area contributed by atoms with E-state index in [1.165, 1.54) is 6.07 Å². The Bertz CT molecular complexity index is 484. The average molecular weight is 293 g/mol. The number of benzene rings is 1. The Morgan fingerprint density at radius 3 is 2.67 bits per heavy atom. The van der Waals surface area contributed by atoms with Gasteiger partial charge in [0.15, 0.2) is 0 Å². The lowest BCUT2D eigenvalue weighted by molar-refractivity contribution is -0.116. The molecule has 1 fully saturated rings. The van der Waals surface area contributed by atoms with E-state index < -0.39 is 0 Å². The summed E-state index contributed by atoms with van der Waals surface area (Å²) < 4.78 is 14.1. The standard InChI is InChI=1S/C16H24FN3O/c1-12(2)18-8-7-16(21)19-13-5-6-15(14(17)11-13)20-9-3-4-10-20/h5-6,11-12,18H,3-4,7-10H2,1-2H3,(H,19,21). The molecule has 1 amide bonds. The van der Waals surface area contributed by atoms with E-state index in [4.69, 9.17) is 0 Å². The van der Waals surface area contributed by atoms with Gasteiger partial charge in [0.05, 0.1) is 5.69 Å². The summed E-state index contributed by atoms with van der Waals surface area (Å²) in [6, 6.07) is 5.28. The summed E-state index contributed by atoms with van der Waals surface area (Å²) >= 11 is 0. The molecular weight excluding hydrogens is 269 g/mol. The number of carbonyl (C=O) groups excluding carboxylic acids is 1. The van der Waals surface area contributed by atoms with Crippen LogP contribution in [0.15, 0.2) is 18.2 Å². The molecule has 116 valence electrons. The van der Waals surface area contributed by atoms with Crippen LogP contribution in [-0.4, -0.2) is 31.6 Å². The van der Waals surface area contributed by atoms with Gasteiger partial charge in [0.25, 0.3) is 0 Å². The van der Waals surface area contributed by atoms with Crippen molar-refractivity contribution < 1.29 is 9.18 Å². The second-order valence-corrected chi connectivity index (χ2v) is 5.77. The topological polar surface area (TPSA) is 44.4 Å². The largest absolute Gasteiger partial charge is 0.369 e. The molecule has 4 nitrogen and oxygen atoms in total. The van der Waals surface area contributed by atoms with Crippen LogP contribution in [0.3, 0.4) is 0 Å². The second kappa shape index (κ2) is 7.41. The fourth-order valence-corrected chi connectivity index (χ4v) is 2.50. The zero-order valence-corrected chi connectivity index (χ0v) is 12.8. The first-order valence-corrected chi connectivity index (χ1v) is 7.64. The van der Waals surface area contributed by atoms with Crippen LogP contribution >= 0.6 is 0 Å². The summed E-state index contributed by atoms with van der Waals surface area (Å²) in [4.78, 5) is 13.8. The Balaban J connectivity index is 1.89. The van der Waals surface area contributed by atoms with Gasteiger partial charge in [-0.3, -0.25) is 4.79 Å². The fraction of sp³-hybridized carbons (Fsp3) is 0.562. The molecule has 2 N–H and O–H groups in total. The Labute approximate surface area is 125 Å². The van der Waals surface area contributed by atoms with Crippen molar-refractivity contribution in [1.82, 2.24) is 5.32 Å². The van der Waals surface area contributed by atoms with E-state index in [0.717, 1.165) is 25.9 Å². The SMILES string of the molecule is CC(C)NCCC(=O)Nc1ccc(N2CCCC2)c(F)c1. The van der Waals surface area contributed by atoms with Gasteiger partial charge in [-0.1, -0.05) is 13.8 Å². The number of hydrogen-bond acceptors (Lipinski definition) is 3. The van der Waals surface area contributed by atoms with E-state index in [1.807, 2.05) is 18.7 Å². The maximum atomic E-state index is 14.1. The Hall–Kier alpha value is -1.62. The molecule has 1 aromatic rings. The zero-order chi connectivity index (χ0) is 15.2. The molecule has 1 aromatic carbocycles. The number of amides is 1. The maximum absolute atomic E-state index is 14.1. The predicted octanol–water partition coefficient (Wildman–Crippen LogP) is 2.75. The van der Waals surface area contributed by atoms with Gasteiger partial charge < -0.3 is 15.5 Å². The predicted molar refractivity (Wildman–Crippen MR) is 84.2 cm³/mol. The highest BCUT2D eigenvalue weighted by Crippen LogP contribution is 2.26. The van der Waals surface area contributed by atoms with Crippen LogP contribution in [0.5, 0.6) is 0 Å². The number of carbonyl (C=O) groups is 1. The Kier molecular flexibility index (Phi) is 5.56. The lowest BCUT2D eigenvalue weighted by Gasteiger charge is -2.19. The van der Waals surface area contributed by atoms with Crippen LogP contribution in [0.4, 0.5) is 15.8 Å². The molecule has 1 aliphatic heterocycles. The molecule has 0 aromatic heterocycles. The first kappa shape index (κ1) is 15.8. The van der Waals surface area contributed by atoms with Crippen molar-refractivity contribution in [2.24, 2.45) is 0 Å². The van der Waals surface area contributed by atoms with E-state index in [-0.39, 0.29) is 11.7 Å². The number of rotatable bonds is 6. The van der Waals surface area contributed by atoms with Crippen molar-refractivity contribution in [2.75, 3.05) is 29.9 Å². The Morgan fingerprint density at radius 1 is 1.33 bits per heavy atom. The number of nitrogens with one attached hydrogen (secondary N) is 2. The summed E-state index contributed by atoms with van der Waals surface area (Å²) in [6.07, 6.45) is 2.61. The van der Waals surface area contributed by atoms with Gasteiger partial charge in [-0.25, -0.2) is 4.39 Å². The molecule has 0 bridgehead atoms. The Morgan fingerprint density at radius 2 is 2.05 bits per heavy atom. The third kappa shape index (κ3) is 4.70. The van der Waals surface area contributed by atoms with Crippen molar-refractivity contribution in [1.29, 1.82) is 0 Å². The highest BCUT2D eigenvalue weighted by molar-refractivity contribution is 5.91. The van der Waals surface area contributed by atoms with Crippen LogP contribution in [0, 0.1) is 5.82 Å². The highest BCUT2D eigenvalue weighted by Gasteiger charge is 2.16. The molecule has 0 saturated carbocycles. The monoisotopic (exact) mass is 293 g/mol. The summed E-state index contributed by atoms with van der Waals surface area (Å²) in [5.74, 6) is -0.369. The van der Waals surface area contributed by atoms with E-state index in [0.29, 0.717) is 30.4 Å². The highest BCUT2D eigenvalue weighted by atomic mass is 19.1. The van der Waals surface area contributed by atoms with Gasteiger partial charge in [0.2, 0.25) is 5.91 Å². The number of nitrogens with zero attached hydrogens (tertiary/aromatic N) is 1. The summed E-state index contributed by atoms with van der Waals surface area (Å²) in [5.41, 5.74) is 1.15. The molecular formula is C16H24FN3O. The van der Waals surface area contributed by atoms with E-state index in [2.05, 4.69) is 10.6 Å². The van der Waals surface area contributed by atoms with Gasteiger partial charge in [0.1, 0.15) is 5.82 Å². The molecule has 1 saturated heterocycles. The smallest absolute Gasteiger partial charge is 0.225 e. The van der Waals surface area contributed by atoms with Crippen molar-refractivity contribution in [2.45, 2.75) is 39.2 Å². The molecule has 0 atom stereocenters. The molecule has 0 radical (unpaired) electrons. The van der Waals surface area contributed by atoms with E-state index in [9.17, 15) is 9.18 Å². The van der Waals surface area contributed by atoms with E-state index in [1.54, 1.807) is 12.1 Å². The van der Waals surface area contributed by atoms with Crippen LogP contribution < -0.4 is 15.5 Å². The van der Waals surface area contributed by atoms with Gasteiger partial charge in [-0.2, -0.15) is 0 Å². The molecule has 21 heavy (non-hydrogen) atoms. The van der Waals surface area contributed by atoms with Gasteiger partial charge in [0, 0.05) is 37.8 Å². The zero-order valence-electron chi connectivity index (χ0n) is 12.8. The van der Waals surface area contributed by atoms with Crippen molar-refractivity contribution in [3.05, 3.63) is 24.0 Å². The molecule has 0 unspecified atom stereocenters. The number of anilines is 2. The van der Waals surface area contributed by atoms with Gasteiger partial charge >= 0.3 is 0 Å². The maximum Gasteiger partial charge on any atom is 0.225 e. The summed E-state index contributed by atoms with van der Waals surface area (Å²) in [6.45, 7) is 6.50.